The first-order valence-electron chi connectivity index (χ1n) is 7.08. The van der Waals surface area contributed by atoms with E-state index in [4.69, 9.17) is 9.84 Å². The second kappa shape index (κ2) is 8.08. The van der Waals surface area contributed by atoms with Crippen molar-refractivity contribution < 1.29 is 14.2 Å². The number of benzene rings is 1. The summed E-state index contributed by atoms with van der Waals surface area (Å²) < 4.78 is 19.9. The number of rotatable bonds is 6. The van der Waals surface area contributed by atoms with Gasteiger partial charge in [0.2, 0.25) is 0 Å². The number of hydrogen-bond acceptors (Lipinski definition) is 3. The Kier molecular flexibility index (Phi) is 6.42. The second-order valence-corrected chi connectivity index (χ2v) is 6.01. The number of nitrogens with zero attached hydrogens (tertiary/aromatic N) is 1. The SMILES string of the molecule is OCCCOC1CCN(Cc2cc(F)ccc2Br)CC1. The molecule has 1 heterocycles. The van der Waals surface area contributed by atoms with Gasteiger partial charge in [0, 0.05) is 37.3 Å². The summed E-state index contributed by atoms with van der Waals surface area (Å²) in [5.41, 5.74) is 0.990. The van der Waals surface area contributed by atoms with Crippen molar-refractivity contribution in [1.29, 1.82) is 0 Å². The van der Waals surface area contributed by atoms with Gasteiger partial charge in [0.05, 0.1) is 6.10 Å². The Morgan fingerprint density at radius 2 is 2.10 bits per heavy atom. The molecule has 0 unspecified atom stereocenters. The predicted molar refractivity (Wildman–Crippen MR) is 80.1 cm³/mol. The molecular formula is C15H21BrFNO2. The van der Waals surface area contributed by atoms with Crippen LogP contribution in [-0.4, -0.2) is 42.4 Å². The predicted octanol–water partition coefficient (Wildman–Crippen LogP) is 2.95. The van der Waals surface area contributed by atoms with Gasteiger partial charge in [-0.15, -0.1) is 0 Å². The molecule has 1 aliphatic heterocycles. The topological polar surface area (TPSA) is 32.7 Å². The third-order valence-electron chi connectivity index (χ3n) is 3.59. The summed E-state index contributed by atoms with van der Waals surface area (Å²) in [7, 11) is 0. The monoisotopic (exact) mass is 345 g/mol. The van der Waals surface area contributed by atoms with Crippen LogP contribution in [0.1, 0.15) is 24.8 Å². The van der Waals surface area contributed by atoms with Gasteiger partial charge in [-0.2, -0.15) is 0 Å². The lowest BCUT2D eigenvalue weighted by Gasteiger charge is -2.32. The van der Waals surface area contributed by atoms with Crippen LogP contribution in [0.15, 0.2) is 22.7 Å². The van der Waals surface area contributed by atoms with E-state index < -0.39 is 0 Å². The van der Waals surface area contributed by atoms with E-state index in [9.17, 15) is 4.39 Å². The lowest BCUT2D eigenvalue weighted by molar-refractivity contribution is 0.000737. The lowest BCUT2D eigenvalue weighted by Crippen LogP contribution is -2.36. The zero-order chi connectivity index (χ0) is 14.4. The lowest BCUT2D eigenvalue weighted by atomic mass is 10.1. The molecule has 0 saturated carbocycles. The number of piperidine rings is 1. The van der Waals surface area contributed by atoms with Crippen LogP contribution in [0.3, 0.4) is 0 Å². The van der Waals surface area contributed by atoms with E-state index in [1.165, 1.54) is 6.07 Å². The average Bonchev–Trinajstić information content (AvgIpc) is 2.45. The van der Waals surface area contributed by atoms with Crippen LogP contribution in [0.25, 0.3) is 0 Å². The fourth-order valence-electron chi connectivity index (χ4n) is 2.45. The van der Waals surface area contributed by atoms with Crippen molar-refractivity contribution in [3.8, 4) is 0 Å². The zero-order valence-corrected chi connectivity index (χ0v) is 13.1. The third kappa shape index (κ3) is 4.81. The molecule has 1 N–H and O–H groups in total. The molecule has 1 aliphatic rings. The number of aliphatic hydroxyl groups is 1. The van der Waals surface area contributed by atoms with E-state index in [-0.39, 0.29) is 12.4 Å². The fraction of sp³-hybridized carbons (Fsp3) is 0.600. The van der Waals surface area contributed by atoms with Crippen molar-refractivity contribution in [2.75, 3.05) is 26.3 Å². The van der Waals surface area contributed by atoms with Crippen LogP contribution in [0.5, 0.6) is 0 Å². The van der Waals surface area contributed by atoms with Gasteiger partial charge < -0.3 is 9.84 Å². The van der Waals surface area contributed by atoms with Crippen LogP contribution in [0.2, 0.25) is 0 Å². The molecule has 2 rings (SSSR count). The van der Waals surface area contributed by atoms with Gasteiger partial charge in [-0.05, 0) is 43.0 Å². The summed E-state index contributed by atoms with van der Waals surface area (Å²) in [6, 6.07) is 4.82. The van der Waals surface area contributed by atoms with Gasteiger partial charge in [0.15, 0.2) is 0 Å². The molecule has 1 aromatic carbocycles. The molecule has 1 saturated heterocycles. The third-order valence-corrected chi connectivity index (χ3v) is 4.37. The van der Waals surface area contributed by atoms with E-state index in [1.807, 2.05) is 0 Å². The Balaban J connectivity index is 1.78. The highest BCUT2D eigenvalue weighted by Crippen LogP contribution is 2.22. The molecule has 0 amide bonds. The molecule has 20 heavy (non-hydrogen) atoms. The Morgan fingerprint density at radius 1 is 1.35 bits per heavy atom. The van der Waals surface area contributed by atoms with Crippen molar-refractivity contribution in [2.45, 2.75) is 31.9 Å². The quantitative estimate of drug-likeness (QED) is 0.804. The number of ether oxygens (including phenoxy) is 1. The highest BCUT2D eigenvalue weighted by Gasteiger charge is 2.20. The molecule has 1 fully saturated rings. The minimum Gasteiger partial charge on any atom is -0.396 e. The van der Waals surface area contributed by atoms with Gasteiger partial charge in [-0.1, -0.05) is 15.9 Å². The zero-order valence-electron chi connectivity index (χ0n) is 11.5. The highest BCUT2D eigenvalue weighted by atomic mass is 79.9. The van der Waals surface area contributed by atoms with E-state index in [0.29, 0.717) is 19.1 Å². The largest absolute Gasteiger partial charge is 0.396 e. The van der Waals surface area contributed by atoms with Crippen LogP contribution in [0, 0.1) is 5.82 Å². The standard InChI is InChI=1S/C15H21BrFNO2/c16-15-3-2-13(17)10-12(15)11-18-6-4-14(5-7-18)20-9-1-8-19/h2-3,10,14,19H,1,4-9,11H2. The molecule has 0 bridgehead atoms. The molecule has 5 heteroatoms. The normalized spacial score (nSPS) is 17.6. The molecule has 3 nitrogen and oxygen atoms in total. The van der Waals surface area contributed by atoms with E-state index in [2.05, 4.69) is 20.8 Å². The van der Waals surface area contributed by atoms with Crippen LogP contribution < -0.4 is 0 Å². The van der Waals surface area contributed by atoms with Gasteiger partial charge in [-0.3, -0.25) is 4.90 Å². The molecule has 0 aliphatic carbocycles. The molecule has 0 spiro atoms. The minimum atomic E-state index is -0.189. The van der Waals surface area contributed by atoms with Crippen LogP contribution in [0.4, 0.5) is 4.39 Å². The Morgan fingerprint density at radius 3 is 2.80 bits per heavy atom. The Bertz CT molecular complexity index is 422. The summed E-state index contributed by atoms with van der Waals surface area (Å²) in [6.07, 6.45) is 3.00. The first-order chi connectivity index (χ1) is 9.69. The van der Waals surface area contributed by atoms with Crippen molar-refractivity contribution in [2.24, 2.45) is 0 Å². The van der Waals surface area contributed by atoms with Gasteiger partial charge >= 0.3 is 0 Å². The van der Waals surface area contributed by atoms with E-state index in [1.54, 1.807) is 12.1 Å². The highest BCUT2D eigenvalue weighted by molar-refractivity contribution is 9.10. The number of hydrogen-bond donors (Lipinski definition) is 1. The maximum absolute atomic E-state index is 13.3. The Hall–Kier alpha value is -0.490. The van der Waals surface area contributed by atoms with Gasteiger partial charge in [0.25, 0.3) is 0 Å². The first-order valence-corrected chi connectivity index (χ1v) is 7.87. The molecular weight excluding hydrogens is 325 g/mol. The summed E-state index contributed by atoms with van der Waals surface area (Å²) in [5, 5.41) is 8.73. The van der Waals surface area contributed by atoms with Gasteiger partial charge in [0.1, 0.15) is 5.82 Å². The van der Waals surface area contributed by atoms with Crippen molar-refractivity contribution in [3.63, 3.8) is 0 Å². The van der Waals surface area contributed by atoms with Crippen LogP contribution in [-0.2, 0) is 11.3 Å². The molecule has 0 atom stereocenters. The first kappa shape index (κ1) is 15.9. The van der Waals surface area contributed by atoms with Gasteiger partial charge in [-0.25, -0.2) is 4.39 Å². The van der Waals surface area contributed by atoms with Crippen LogP contribution >= 0.6 is 15.9 Å². The smallest absolute Gasteiger partial charge is 0.123 e. The molecule has 1 aromatic rings. The number of likely N-dealkylation sites (tertiary alicyclic amines) is 1. The average molecular weight is 346 g/mol. The summed E-state index contributed by atoms with van der Waals surface area (Å²) in [6.45, 7) is 3.52. The molecule has 112 valence electrons. The molecule has 0 radical (unpaired) electrons. The van der Waals surface area contributed by atoms with E-state index in [0.717, 1.165) is 42.5 Å². The van der Waals surface area contributed by atoms with Crippen molar-refractivity contribution in [1.82, 2.24) is 4.90 Å². The van der Waals surface area contributed by atoms with Crippen molar-refractivity contribution in [3.05, 3.63) is 34.1 Å². The number of aliphatic hydroxyl groups excluding tert-OH is 1. The number of halogens is 2. The summed E-state index contributed by atoms with van der Waals surface area (Å²) in [4.78, 5) is 2.32. The minimum absolute atomic E-state index is 0.187. The molecule has 0 aromatic heterocycles. The van der Waals surface area contributed by atoms with Crippen molar-refractivity contribution >= 4 is 15.9 Å². The second-order valence-electron chi connectivity index (χ2n) is 5.16. The van der Waals surface area contributed by atoms with E-state index >= 15 is 0 Å². The Labute approximate surface area is 127 Å². The maximum Gasteiger partial charge on any atom is 0.123 e. The summed E-state index contributed by atoms with van der Waals surface area (Å²) >= 11 is 3.47. The fourth-order valence-corrected chi connectivity index (χ4v) is 2.83. The summed E-state index contributed by atoms with van der Waals surface area (Å²) in [5.74, 6) is -0.189. The maximum atomic E-state index is 13.3.